The number of ketones is 1. The van der Waals surface area contributed by atoms with Gasteiger partial charge in [0.2, 0.25) is 0 Å². The fraction of sp³-hybridized carbons (Fsp3) is 0.800. The van der Waals surface area contributed by atoms with Crippen LogP contribution in [0.25, 0.3) is 0 Å². The second kappa shape index (κ2) is 41.8. The van der Waals surface area contributed by atoms with Crippen molar-refractivity contribution in [2.24, 2.45) is 5.73 Å². The van der Waals surface area contributed by atoms with Gasteiger partial charge in [-0.1, -0.05) is 185 Å². The lowest BCUT2D eigenvalue weighted by Gasteiger charge is -2.37. The smallest absolute Gasteiger partial charge is 0.194 e. The van der Waals surface area contributed by atoms with Crippen molar-refractivity contribution in [3.8, 4) is 0 Å². The average molecular weight is 758 g/mol. The van der Waals surface area contributed by atoms with Gasteiger partial charge >= 0.3 is 0 Å². The van der Waals surface area contributed by atoms with E-state index in [1.54, 1.807) is 0 Å². The van der Waals surface area contributed by atoms with Crippen molar-refractivity contribution < 1.29 is 26.8 Å². The lowest BCUT2D eigenvalue weighted by molar-refractivity contribution is -0.911. The van der Waals surface area contributed by atoms with Crippen molar-refractivity contribution in [2.75, 3.05) is 33.8 Å². The first-order chi connectivity index (χ1) is 23.9. The molecule has 0 aliphatic heterocycles. The zero-order valence-corrected chi connectivity index (χ0v) is 35.8. The number of aliphatic hydroxyl groups excluding tert-OH is 1. The molecule has 0 amide bonds. The summed E-state index contributed by atoms with van der Waals surface area (Å²) in [4.78, 5) is 13.6. The van der Waals surface area contributed by atoms with Gasteiger partial charge in [-0.25, -0.2) is 0 Å². The Morgan fingerprint density at radius 1 is 0.627 bits per heavy atom. The molecule has 0 bridgehead atoms. The first kappa shape index (κ1) is 54.4. The molecule has 0 aliphatic carbocycles. The Morgan fingerprint density at radius 2 is 0.980 bits per heavy atom. The van der Waals surface area contributed by atoms with E-state index in [0.29, 0.717) is 12.3 Å². The van der Waals surface area contributed by atoms with Crippen molar-refractivity contribution in [1.29, 1.82) is 0 Å². The summed E-state index contributed by atoms with van der Waals surface area (Å²) in [5.41, 5.74) is 5.98. The number of nitrogens with two attached hydrogens (primary N) is 1. The number of hydrogen-bond donors (Lipinski definition) is 2. The van der Waals surface area contributed by atoms with Crippen molar-refractivity contribution in [3.63, 3.8) is 0 Å². The fourth-order valence-electron chi connectivity index (χ4n) is 6.96. The van der Waals surface area contributed by atoms with Gasteiger partial charge in [0.25, 0.3) is 0 Å². The molecule has 3 N–H and O–H groups in total. The lowest BCUT2D eigenvalue weighted by Crippen LogP contribution is -3.00. The highest BCUT2D eigenvalue weighted by atomic mass is 35.5. The van der Waals surface area contributed by atoms with E-state index in [1.165, 1.54) is 173 Å². The van der Waals surface area contributed by atoms with Crippen LogP contribution < -0.4 is 18.1 Å². The molecule has 1 aromatic carbocycles. The largest absolute Gasteiger partial charge is 1.00 e. The molecule has 0 heterocycles. The van der Waals surface area contributed by atoms with Gasteiger partial charge in [0.05, 0.1) is 27.2 Å². The van der Waals surface area contributed by atoms with Crippen molar-refractivity contribution in [3.05, 3.63) is 48.0 Å². The quantitative estimate of drug-likeness (QED) is 0.0418. The minimum absolute atomic E-state index is 0. The molecule has 1 aromatic rings. The SMILES string of the molecule is CCCCCCCC/C=C\CCCCCCCC(=O)C(c1ccccc1)[N+](C)(C)CCCCCCCCCCCCCCCC.Cl.NCCO.[Cl-]. The van der Waals surface area contributed by atoms with Crippen molar-refractivity contribution in [1.82, 2.24) is 0 Å². The maximum absolute atomic E-state index is 13.6. The Morgan fingerprint density at radius 3 is 1.37 bits per heavy atom. The second-order valence-electron chi connectivity index (χ2n) is 15.2. The summed E-state index contributed by atoms with van der Waals surface area (Å²) in [6.07, 6.45) is 41.8. The molecule has 1 unspecified atom stereocenters. The number of quaternary nitrogens is 1. The monoisotopic (exact) mass is 757 g/mol. The molecule has 0 saturated heterocycles. The number of unbranched alkanes of at least 4 members (excludes halogenated alkanes) is 24. The van der Waals surface area contributed by atoms with Crippen LogP contribution in [-0.4, -0.2) is 49.2 Å². The second-order valence-corrected chi connectivity index (χ2v) is 15.2. The predicted molar refractivity (Wildman–Crippen MR) is 224 cm³/mol. The number of nitrogens with zero attached hydrogens (tertiary/aromatic N) is 1. The maximum Gasteiger partial charge on any atom is 0.194 e. The lowest BCUT2D eigenvalue weighted by atomic mass is 9.95. The topological polar surface area (TPSA) is 63.3 Å². The number of aliphatic hydroxyl groups is 1. The van der Waals surface area contributed by atoms with Crippen molar-refractivity contribution in [2.45, 2.75) is 200 Å². The zero-order valence-electron chi connectivity index (χ0n) is 34.2. The van der Waals surface area contributed by atoms with Gasteiger partial charge in [-0.2, -0.15) is 0 Å². The van der Waals surface area contributed by atoms with Crippen LogP contribution in [0.2, 0.25) is 0 Å². The number of hydrogen-bond acceptors (Lipinski definition) is 3. The molecule has 0 radical (unpaired) electrons. The van der Waals surface area contributed by atoms with Gasteiger partial charge in [-0.3, -0.25) is 4.79 Å². The van der Waals surface area contributed by atoms with Crippen molar-refractivity contribution >= 4 is 18.2 Å². The Hall–Kier alpha value is -0.910. The normalized spacial score (nSPS) is 11.8. The van der Waals surface area contributed by atoms with E-state index < -0.39 is 0 Å². The maximum atomic E-state index is 13.6. The van der Waals surface area contributed by atoms with Crippen LogP contribution in [-0.2, 0) is 4.79 Å². The summed E-state index contributed by atoms with van der Waals surface area (Å²) in [6, 6.07) is 10.6. The molecule has 4 nitrogen and oxygen atoms in total. The first-order valence-electron chi connectivity index (χ1n) is 21.3. The predicted octanol–water partition coefficient (Wildman–Crippen LogP) is 10.3. The van der Waals surface area contributed by atoms with E-state index in [2.05, 4.69) is 70.4 Å². The van der Waals surface area contributed by atoms with Gasteiger partial charge in [0.1, 0.15) is 0 Å². The minimum atomic E-state index is -0.0371. The number of carbonyl (C=O) groups is 1. The molecule has 0 aliphatic rings. The molecule has 51 heavy (non-hydrogen) atoms. The average Bonchev–Trinajstić information content (AvgIpc) is 3.10. The fourth-order valence-corrected chi connectivity index (χ4v) is 6.96. The molecule has 0 aromatic heterocycles. The minimum Gasteiger partial charge on any atom is -1.00 e. The molecular weight excluding hydrogens is 671 g/mol. The molecule has 6 heteroatoms. The van der Waals surface area contributed by atoms with Crippen LogP contribution in [0.3, 0.4) is 0 Å². The molecule has 1 atom stereocenters. The number of benzene rings is 1. The highest BCUT2D eigenvalue weighted by Crippen LogP contribution is 2.29. The third-order valence-electron chi connectivity index (χ3n) is 10.0. The van der Waals surface area contributed by atoms with E-state index in [4.69, 9.17) is 10.8 Å². The number of allylic oxidation sites excluding steroid dienone is 2. The van der Waals surface area contributed by atoms with Crippen LogP contribution in [0.5, 0.6) is 0 Å². The van der Waals surface area contributed by atoms with Crippen LogP contribution in [0.4, 0.5) is 0 Å². The number of rotatable bonds is 34. The summed E-state index contributed by atoms with van der Waals surface area (Å²) >= 11 is 0. The zero-order chi connectivity index (χ0) is 36.1. The van der Waals surface area contributed by atoms with Crippen LogP contribution >= 0.6 is 12.4 Å². The van der Waals surface area contributed by atoms with Gasteiger partial charge in [-0.15, -0.1) is 12.4 Å². The third-order valence-corrected chi connectivity index (χ3v) is 10.0. The number of carbonyl (C=O) groups excluding carboxylic acids is 1. The van der Waals surface area contributed by atoms with Crippen LogP contribution in [0.15, 0.2) is 42.5 Å². The molecular formula is C45H86Cl2N2O2. The standard InChI is InChI=1S/C43H78NO.C2H7NO.2ClH/c1-5-7-9-11-13-15-17-19-21-22-24-26-28-30-35-39-42(45)43(41-37-33-32-34-38-41)44(3,4)40-36-31-29-27-25-23-20-18-16-14-12-10-8-6-2;3-1-2-4;;/h19,21,32-34,37-38,43H,5-18,20,22-31,35-36,39-40H2,1-4H3;4H,1-3H2;2*1H/q+1;;;/p-1/b21-19-;;;. The van der Waals surface area contributed by atoms with E-state index in [1.807, 2.05) is 0 Å². The Bertz CT molecular complexity index is 848. The summed E-state index contributed by atoms with van der Waals surface area (Å²) in [6.45, 7) is 6.13. The molecule has 1 rings (SSSR count). The van der Waals surface area contributed by atoms with Crippen LogP contribution in [0.1, 0.15) is 205 Å². The Labute approximate surface area is 331 Å². The molecule has 0 spiro atoms. The molecule has 302 valence electrons. The highest BCUT2D eigenvalue weighted by molar-refractivity contribution is 5.85. The van der Waals surface area contributed by atoms with E-state index in [0.717, 1.165) is 23.9 Å². The Balaban J connectivity index is -0.00000363. The summed E-state index contributed by atoms with van der Waals surface area (Å²) in [7, 11) is 4.58. The summed E-state index contributed by atoms with van der Waals surface area (Å²) in [5, 5.41) is 7.75. The number of Topliss-reactive ketones (excluding diaryl/α,β-unsaturated/α-hetero) is 1. The van der Waals surface area contributed by atoms with E-state index in [-0.39, 0.29) is 37.5 Å². The summed E-state index contributed by atoms with van der Waals surface area (Å²) in [5.74, 6) is 0.439. The van der Waals surface area contributed by atoms with E-state index in [9.17, 15) is 4.79 Å². The number of likely N-dealkylation sites (N-methyl/N-ethyl adjacent to an activating group) is 1. The van der Waals surface area contributed by atoms with Gasteiger partial charge in [0, 0.05) is 18.5 Å². The van der Waals surface area contributed by atoms with Crippen LogP contribution in [0, 0.1) is 0 Å². The van der Waals surface area contributed by atoms with E-state index >= 15 is 0 Å². The molecule has 0 saturated carbocycles. The number of halogens is 2. The summed E-state index contributed by atoms with van der Waals surface area (Å²) < 4.78 is 0.784. The highest BCUT2D eigenvalue weighted by Gasteiger charge is 2.35. The first-order valence-corrected chi connectivity index (χ1v) is 21.3. The van der Waals surface area contributed by atoms with Gasteiger partial charge < -0.3 is 27.7 Å². The molecule has 0 fully saturated rings. The van der Waals surface area contributed by atoms with Gasteiger partial charge in [-0.05, 0) is 44.9 Å². The third kappa shape index (κ3) is 34.6. The Kier molecular flexibility index (Phi) is 44.7. The van der Waals surface area contributed by atoms with Gasteiger partial charge in [0.15, 0.2) is 11.8 Å².